The van der Waals surface area contributed by atoms with Gasteiger partial charge in [-0.1, -0.05) is 38.2 Å². The molecule has 4 atom stereocenters. The third-order valence-corrected chi connectivity index (χ3v) is 5.30. The highest BCUT2D eigenvalue weighted by atomic mass is 15.5. The first-order valence-electron chi connectivity index (χ1n) is 7.79. The highest BCUT2D eigenvalue weighted by Crippen LogP contribution is 2.60. The molecule has 2 fully saturated rings. The Balaban J connectivity index is 1.58. The minimum atomic E-state index is 0.805. The SMILES string of the molecule is C=C(C1=CC2C(C=C1)C1CCC21)N(C)NCCCC. The fourth-order valence-corrected chi connectivity index (χ4v) is 3.82. The molecule has 19 heavy (non-hydrogen) atoms. The topological polar surface area (TPSA) is 15.3 Å². The fraction of sp³-hybridized carbons (Fsp3) is 0.647. The third-order valence-electron chi connectivity index (χ3n) is 5.30. The lowest BCUT2D eigenvalue weighted by Gasteiger charge is -2.59. The van der Waals surface area contributed by atoms with E-state index in [4.69, 9.17) is 0 Å². The van der Waals surface area contributed by atoms with Crippen molar-refractivity contribution in [2.24, 2.45) is 23.7 Å². The van der Waals surface area contributed by atoms with E-state index in [1.165, 1.54) is 31.3 Å². The first-order valence-corrected chi connectivity index (χ1v) is 7.79. The molecule has 0 amide bonds. The zero-order chi connectivity index (χ0) is 13.4. The monoisotopic (exact) mass is 258 g/mol. The molecule has 2 nitrogen and oxygen atoms in total. The lowest BCUT2D eigenvalue weighted by molar-refractivity contribution is -0.0508. The number of likely N-dealkylation sites (N-methyl/N-ethyl adjacent to an activating group) is 1. The molecular weight excluding hydrogens is 232 g/mol. The second-order valence-corrected chi connectivity index (χ2v) is 6.31. The summed E-state index contributed by atoms with van der Waals surface area (Å²) in [6.07, 6.45) is 12.5. The van der Waals surface area contributed by atoms with Crippen LogP contribution in [0, 0.1) is 23.7 Å². The maximum absolute atomic E-state index is 4.25. The smallest absolute Gasteiger partial charge is 0.0513 e. The number of unbranched alkanes of at least 4 members (excludes halogenated alkanes) is 1. The number of allylic oxidation sites excluding steroid dienone is 3. The lowest BCUT2D eigenvalue weighted by Crippen LogP contribution is -2.52. The normalized spacial score (nSPS) is 34.5. The van der Waals surface area contributed by atoms with Gasteiger partial charge in [-0.05, 0) is 48.5 Å². The molecule has 104 valence electrons. The molecule has 4 unspecified atom stereocenters. The molecule has 0 bridgehead atoms. The van der Waals surface area contributed by atoms with Crippen LogP contribution in [0.2, 0.25) is 0 Å². The van der Waals surface area contributed by atoms with Gasteiger partial charge in [-0.2, -0.15) is 0 Å². The summed E-state index contributed by atoms with van der Waals surface area (Å²) in [5.74, 6) is 3.64. The Morgan fingerprint density at radius 1 is 1.37 bits per heavy atom. The van der Waals surface area contributed by atoms with E-state index in [-0.39, 0.29) is 0 Å². The maximum Gasteiger partial charge on any atom is 0.0513 e. The predicted octanol–water partition coefficient (Wildman–Crippen LogP) is 3.51. The van der Waals surface area contributed by atoms with Crippen molar-refractivity contribution in [1.82, 2.24) is 10.4 Å². The number of hydrazine groups is 1. The summed E-state index contributed by atoms with van der Waals surface area (Å²) in [6.45, 7) is 7.49. The summed E-state index contributed by atoms with van der Waals surface area (Å²) in [4.78, 5) is 0. The second-order valence-electron chi connectivity index (χ2n) is 6.31. The Bertz CT molecular complexity index is 421. The van der Waals surface area contributed by atoms with E-state index in [1.54, 1.807) is 0 Å². The Morgan fingerprint density at radius 2 is 2.11 bits per heavy atom. The fourth-order valence-electron chi connectivity index (χ4n) is 3.82. The number of fused-ring (bicyclic) bond motifs is 4. The van der Waals surface area contributed by atoms with E-state index in [1.807, 2.05) is 0 Å². The van der Waals surface area contributed by atoms with Crippen molar-refractivity contribution in [3.05, 3.63) is 36.1 Å². The molecule has 0 aromatic carbocycles. The Labute approximate surface area is 117 Å². The molecule has 0 aliphatic heterocycles. The predicted molar refractivity (Wildman–Crippen MR) is 80.2 cm³/mol. The number of nitrogens with zero attached hydrogens (tertiary/aromatic N) is 1. The molecule has 0 aromatic heterocycles. The van der Waals surface area contributed by atoms with Crippen LogP contribution in [0.1, 0.15) is 32.6 Å². The molecular formula is C17H26N2. The Morgan fingerprint density at radius 3 is 2.79 bits per heavy atom. The summed E-state index contributed by atoms with van der Waals surface area (Å²) in [5, 5.41) is 2.09. The Kier molecular flexibility index (Phi) is 3.53. The third kappa shape index (κ3) is 2.16. The van der Waals surface area contributed by atoms with Gasteiger partial charge < -0.3 is 5.01 Å². The van der Waals surface area contributed by atoms with E-state index < -0.39 is 0 Å². The van der Waals surface area contributed by atoms with Crippen molar-refractivity contribution < 1.29 is 0 Å². The van der Waals surface area contributed by atoms with Crippen molar-refractivity contribution in [2.75, 3.05) is 13.6 Å². The van der Waals surface area contributed by atoms with Crippen LogP contribution in [0.3, 0.4) is 0 Å². The number of nitrogens with one attached hydrogen (secondary N) is 1. The van der Waals surface area contributed by atoms with Crippen molar-refractivity contribution in [2.45, 2.75) is 32.6 Å². The molecule has 0 aromatic rings. The molecule has 0 spiro atoms. The zero-order valence-corrected chi connectivity index (χ0v) is 12.2. The second kappa shape index (κ2) is 5.16. The van der Waals surface area contributed by atoms with E-state index >= 15 is 0 Å². The van der Waals surface area contributed by atoms with Gasteiger partial charge >= 0.3 is 0 Å². The highest BCUT2D eigenvalue weighted by Gasteiger charge is 2.53. The van der Waals surface area contributed by atoms with Crippen LogP contribution in [0.15, 0.2) is 36.1 Å². The molecule has 0 radical (unpaired) electrons. The van der Waals surface area contributed by atoms with Crippen LogP contribution in [-0.2, 0) is 0 Å². The minimum absolute atomic E-state index is 0.805. The van der Waals surface area contributed by atoms with Crippen LogP contribution in [-0.4, -0.2) is 18.6 Å². The van der Waals surface area contributed by atoms with Gasteiger partial charge in [0, 0.05) is 13.6 Å². The lowest BCUT2D eigenvalue weighted by atomic mass is 9.46. The van der Waals surface area contributed by atoms with E-state index in [2.05, 4.69) is 49.2 Å². The van der Waals surface area contributed by atoms with Gasteiger partial charge in [0.25, 0.3) is 0 Å². The van der Waals surface area contributed by atoms with Crippen molar-refractivity contribution >= 4 is 0 Å². The zero-order valence-electron chi connectivity index (χ0n) is 12.2. The van der Waals surface area contributed by atoms with Gasteiger partial charge in [-0.3, -0.25) is 0 Å². The van der Waals surface area contributed by atoms with E-state index in [0.29, 0.717) is 0 Å². The highest BCUT2D eigenvalue weighted by molar-refractivity contribution is 5.42. The number of rotatable bonds is 6. The van der Waals surface area contributed by atoms with Crippen LogP contribution in [0.25, 0.3) is 0 Å². The molecule has 3 rings (SSSR count). The van der Waals surface area contributed by atoms with Gasteiger partial charge in [0.15, 0.2) is 0 Å². The van der Waals surface area contributed by atoms with Gasteiger partial charge in [0.05, 0.1) is 5.70 Å². The van der Waals surface area contributed by atoms with Crippen LogP contribution in [0.4, 0.5) is 0 Å². The maximum atomic E-state index is 4.25. The summed E-state index contributed by atoms with van der Waals surface area (Å²) in [7, 11) is 2.08. The van der Waals surface area contributed by atoms with Gasteiger partial charge in [-0.25, -0.2) is 5.43 Å². The van der Waals surface area contributed by atoms with Gasteiger partial charge in [0.2, 0.25) is 0 Å². The molecule has 2 saturated carbocycles. The number of hydrogen-bond acceptors (Lipinski definition) is 2. The largest absolute Gasteiger partial charge is 0.312 e. The first-order chi connectivity index (χ1) is 9.22. The molecule has 0 saturated heterocycles. The summed E-state index contributed by atoms with van der Waals surface area (Å²) >= 11 is 0. The summed E-state index contributed by atoms with van der Waals surface area (Å²) < 4.78 is 0. The van der Waals surface area contributed by atoms with Crippen LogP contribution in [0.5, 0.6) is 0 Å². The average molecular weight is 258 g/mol. The number of hydrogen-bond donors (Lipinski definition) is 1. The van der Waals surface area contributed by atoms with Gasteiger partial charge in [0.1, 0.15) is 0 Å². The van der Waals surface area contributed by atoms with Crippen LogP contribution >= 0.6 is 0 Å². The first kappa shape index (κ1) is 13.0. The summed E-state index contributed by atoms with van der Waals surface area (Å²) in [5.41, 5.74) is 5.84. The standard InChI is InChI=1S/C17H26N2/c1-4-5-10-18-19(3)12(2)13-6-7-15-14-8-9-16(14)17(15)11-13/h6-7,11,14-18H,2,4-5,8-10H2,1,3H3. The van der Waals surface area contributed by atoms with E-state index in [9.17, 15) is 0 Å². The van der Waals surface area contributed by atoms with Crippen molar-refractivity contribution in [3.63, 3.8) is 0 Å². The molecule has 1 N–H and O–H groups in total. The molecule has 3 aliphatic carbocycles. The molecule has 2 heteroatoms. The van der Waals surface area contributed by atoms with Crippen molar-refractivity contribution in [1.29, 1.82) is 0 Å². The average Bonchev–Trinajstić information content (AvgIpc) is 2.38. The van der Waals surface area contributed by atoms with Crippen LogP contribution < -0.4 is 5.43 Å². The quantitative estimate of drug-likeness (QED) is 0.579. The summed E-state index contributed by atoms with van der Waals surface area (Å²) in [6, 6.07) is 0. The molecule has 3 aliphatic rings. The van der Waals surface area contributed by atoms with Gasteiger partial charge in [-0.15, -0.1) is 0 Å². The van der Waals surface area contributed by atoms with E-state index in [0.717, 1.165) is 35.9 Å². The molecule has 0 heterocycles. The van der Waals surface area contributed by atoms with Crippen molar-refractivity contribution in [3.8, 4) is 0 Å². The Hall–Kier alpha value is -1.02. The minimum Gasteiger partial charge on any atom is -0.312 e.